The molecular weight excluding hydrogens is 391 g/mol. The molecule has 7 heteroatoms. The van der Waals surface area contributed by atoms with Crippen molar-refractivity contribution in [2.75, 3.05) is 10.6 Å². The number of nitrogens with one attached hydrogen (secondary N) is 1. The van der Waals surface area contributed by atoms with Gasteiger partial charge in [-0.05, 0) is 80.5 Å². The first-order chi connectivity index (χ1) is 13.7. The Morgan fingerprint density at radius 2 is 1.66 bits per heavy atom. The first-order valence-electron chi connectivity index (χ1n) is 9.84. The van der Waals surface area contributed by atoms with Crippen LogP contribution in [0.5, 0.6) is 0 Å². The molecule has 1 N–H and O–H groups in total. The number of rotatable bonds is 6. The maximum atomic E-state index is 13.2. The molecule has 2 aromatic carbocycles. The lowest BCUT2D eigenvalue weighted by molar-refractivity contribution is -0.122. The zero-order valence-corrected chi connectivity index (χ0v) is 17.8. The monoisotopic (exact) mass is 418 g/mol. The summed E-state index contributed by atoms with van der Waals surface area (Å²) < 4.78 is 38.9. The van der Waals surface area contributed by atoms with Crippen molar-refractivity contribution in [3.8, 4) is 0 Å². The van der Waals surface area contributed by atoms with Crippen LogP contribution in [0.2, 0.25) is 0 Å². The second kappa shape index (κ2) is 8.53. The van der Waals surface area contributed by atoms with E-state index in [1.165, 1.54) is 55.2 Å². The van der Waals surface area contributed by atoms with E-state index in [-0.39, 0.29) is 11.7 Å². The van der Waals surface area contributed by atoms with Crippen molar-refractivity contribution in [3.63, 3.8) is 0 Å². The van der Waals surface area contributed by atoms with E-state index in [2.05, 4.69) is 17.4 Å². The third kappa shape index (κ3) is 4.96. The van der Waals surface area contributed by atoms with Crippen molar-refractivity contribution < 1.29 is 17.6 Å². The van der Waals surface area contributed by atoms with Crippen molar-refractivity contribution in [2.45, 2.75) is 51.6 Å². The summed E-state index contributed by atoms with van der Waals surface area (Å²) in [6, 6.07) is 10.1. The summed E-state index contributed by atoms with van der Waals surface area (Å²) in [5.74, 6) is -0.884. The highest BCUT2D eigenvalue weighted by Gasteiger charge is 2.30. The van der Waals surface area contributed by atoms with Crippen LogP contribution in [0.3, 0.4) is 0 Å². The van der Waals surface area contributed by atoms with E-state index >= 15 is 0 Å². The van der Waals surface area contributed by atoms with Crippen LogP contribution < -0.4 is 9.62 Å². The van der Waals surface area contributed by atoms with Gasteiger partial charge in [0.2, 0.25) is 15.9 Å². The highest BCUT2D eigenvalue weighted by molar-refractivity contribution is 7.92. The smallest absolute Gasteiger partial charge is 0.244 e. The van der Waals surface area contributed by atoms with Gasteiger partial charge in [0.25, 0.3) is 0 Å². The van der Waals surface area contributed by atoms with E-state index in [0.29, 0.717) is 0 Å². The third-order valence-corrected chi connectivity index (χ3v) is 6.64. The van der Waals surface area contributed by atoms with Crippen molar-refractivity contribution in [1.82, 2.24) is 5.32 Å². The van der Waals surface area contributed by atoms with Gasteiger partial charge in [-0.1, -0.05) is 18.2 Å². The van der Waals surface area contributed by atoms with Gasteiger partial charge in [0.05, 0.1) is 18.0 Å². The SMILES string of the molecule is C[C@H](NC(=O)[C@H](C)N(c1ccc(F)cc1)S(C)(=O)=O)c1ccc2c(c1)CCCC2. The standard InChI is InChI=1S/C22H27FN2O3S/c1-15(18-9-8-17-6-4-5-7-19(17)14-18)24-22(26)16(2)25(29(3,27)28)21-12-10-20(23)11-13-21/h8-16H,4-7H2,1-3H3,(H,24,26)/t15-,16-/m0/s1. The number of carbonyl (C=O) groups is 1. The minimum absolute atomic E-state index is 0.248. The van der Waals surface area contributed by atoms with Crippen LogP contribution in [0.1, 0.15) is 49.4 Å². The summed E-state index contributed by atoms with van der Waals surface area (Å²) in [4.78, 5) is 12.9. The Balaban J connectivity index is 1.78. The number of anilines is 1. The Labute approximate surface area is 172 Å². The fraction of sp³-hybridized carbons (Fsp3) is 0.409. The van der Waals surface area contributed by atoms with Crippen molar-refractivity contribution in [2.24, 2.45) is 0 Å². The summed E-state index contributed by atoms with van der Waals surface area (Å²) in [5.41, 5.74) is 3.94. The molecule has 0 heterocycles. The van der Waals surface area contributed by atoms with Gasteiger partial charge in [0, 0.05) is 0 Å². The first-order valence-corrected chi connectivity index (χ1v) is 11.7. The molecule has 0 fully saturated rings. The first kappa shape index (κ1) is 21.3. The summed E-state index contributed by atoms with van der Waals surface area (Å²) in [6.07, 6.45) is 5.56. The minimum Gasteiger partial charge on any atom is -0.348 e. The molecule has 29 heavy (non-hydrogen) atoms. The molecule has 0 spiro atoms. The quantitative estimate of drug-likeness (QED) is 0.777. The van der Waals surface area contributed by atoms with Gasteiger partial charge < -0.3 is 5.32 Å². The topological polar surface area (TPSA) is 66.5 Å². The number of hydrogen-bond acceptors (Lipinski definition) is 3. The number of carbonyl (C=O) groups excluding carboxylic acids is 1. The fourth-order valence-corrected chi connectivity index (χ4v) is 5.01. The van der Waals surface area contributed by atoms with Crippen molar-refractivity contribution in [3.05, 3.63) is 65.0 Å². The minimum atomic E-state index is -3.74. The molecule has 1 aliphatic carbocycles. The van der Waals surface area contributed by atoms with Gasteiger partial charge in [-0.25, -0.2) is 12.8 Å². The molecule has 0 aliphatic heterocycles. The van der Waals surface area contributed by atoms with Gasteiger partial charge in [0.15, 0.2) is 0 Å². The van der Waals surface area contributed by atoms with E-state index in [0.717, 1.165) is 29.0 Å². The van der Waals surface area contributed by atoms with Crippen molar-refractivity contribution in [1.29, 1.82) is 0 Å². The normalized spacial score (nSPS) is 15.9. The van der Waals surface area contributed by atoms with Gasteiger partial charge in [-0.3, -0.25) is 9.10 Å². The van der Waals surface area contributed by atoms with Crippen LogP contribution >= 0.6 is 0 Å². The lowest BCUT2D eigenvalue weighted by atomic mass is 9.89. The molecule has 0 aromatic heterocycles. The van der Waals surface area contributed by atoms with Crippen LogP contribution in [0.15, 0.2) is 42.5 Å². The zero-order valence-electron chi connectivity index (χ0n) is 17.0. The summed E-state index contributed by atoms with van der Waals surface area (Å²) in [6.45, 7) is 3.41. The Kier molecular flexibility index (Phi) is 6.27. The van der Waals surface area contributed by atoms with E-state index in [1.54, 1.807) is 0 Å². The molecule has 0 saturated carbocycles. The largest absolute Gasteiger partial charge is 0.348 e. The molecule has 2 aromatic rings. The average molecular weight is 419 g/mol. The Morgan fingerprint density at radius 3 is 2.28 bits per heavy atom. The van der Waals surface area contributed by atoms with Gasteiger partial charge in [0.1, 0.15) is 11.9 Å². The molecule has 0 radical (unpaired) electrons. The molecule has 2 atom stereocenters. The molecule has 0 bridgehead atoms. The predicted molar refractivity (Wildman–Crippen MR) is 113 cm³/mol. The van der Waals surface area contributed by atoms with Crippen molar-refractivity contribution >= 4 is 21.6 Å². The van der Waals surface area contributed by atoms with Crippen LogP contribution in [0, 0.1) is 5.82 Å². The fourth-order valence-electron chi connectivity index (χ4n) is 3.84. The third-order valence-electron chi connectivity index (χ3n) is 5.40. The number of hydrogen-bond donors (Lipinski definition) is 1. The number of nitrogens with zero attached hydrogens (tertiary/aromatic N) is 1. The zero-order chi connectivity index (χ0) is 21.2. The molecule has 3 rings (SSSR count). The average Bonchev–Trinajstić information content (AvgIpc) is 2.68. The summed E-state index contributed by atoms with van der Waals surface area (Å²) >= 11 is 0. The lowest BCUT2D eigenvalue weighted by Crippen LogP contribution is -2.48. The summed E-state index contributed by atoms with van der Waals surface area (Å²) in [5, 5.41) is 2.92. The second-order valence-corrected chi connectivity index (χ2v) is 9.54. The van der Waals surface area contributed by atoms with E-state index < -0.39 is 27.8 Å². The maximum Gasteiger partial charge on any atom is 0.244 e. The Morgan fingerprint density at radius 1 is 1.03 bits per heavy atom. The molecule has 1 aliphatic rings. The van der Waals surface area contributed by atoms with Gasteiger partial charge >= 0.3 is 0 Å². The van der Waals surface area contributed by atoms with Crippen LogP contribution in [0.4, 0.5) is 10.1 Å². The lowest BCUT2D eigenvalue weighted by Gasteiger charge is -2.29. The number of aryl methyl sites for hydroxylation is 2. The Hall–Kier alpha value is -2.41. The van der Waals surface area contributed by atoms with Gasteiger partial charge in [-0.2, -0.15) is 0 Å². The number of fused-ring (bicyclic) bond motifs is 1. The molecule has 1 amide bonds. The predicted octanol–water partition coefficient (Wildman–Crippen LogP) is 3.74. The summed E-state index contributed by atoms with van der Waals surface area (Å²) in [7, 11) is -3.74. The highest BCUT2D eigenvalue weighted by atomic mass is 32.2. The van der Waals surface area contributed by atoms with E-state index in [9.17, 15) is 17.6 Å². The van der Waals surface area contributed by atoms with E-state index in [1.807, 2.05) is 13.0 Å². The number of benzene rings is 2. The van der Waals surface area contributed by atoms with Crippen LogP contribution in [-0.2, 0) is 27.7 Å². The molecule has 5 nitrogen and oxygen atoms in total. The number of halogens is 1. The van der Waals surface area contributed by atoms with Gasteiger partial charge in [-0.15, -0.1) is 0 Å². The second-order valence-electron chi connectivity index (χ2n) is 7.68. The number of sulfonamides is 1. The molecule has 0 unspecified atom stereocenters. The Bertz CT molecular complexity index is 990. The van der Waals surface area contributed by atoms with E-state index in [4.69, 9.17) is 0 Å². The highest BCUT2D eigenvalue weighted by Crippen LogP contribution is 2.26. The molecular formula is C22H27FN2O3S. The van der Waals surface area contributed by atoms with Crippen LogP contribution in [-0.4, -0.2) is 26.6 Å². The maximum absolute atomic E-state index is 13.2. The molecule has 156 valence electrons. The number of amides is 1. The van der Waals surface area contributed by atoms with Crippen LogP contribution in [0.25, 0.3) is 0 Å². The molecule has 0 saturated heterocycles.